The SMILES string of the molecule is CC(NC/C=C/CCl)C(N)=O. The van der Waals surface area contributed by atoms with Gasteiger partial charge in [-0.15, -0.1) is 11.6 Å². The molecule has 0 heterocycles. The maximum absolute atomic E-state index is 10.5. The molecule has 0 aromatic carbocycles. The largest absolute Gasteiger partial charge is 0.368 e. The number of nitrogens with one attached hydrogen (secondary N) is 1. The Morgan fingerprint density at radius 3 is 2.82 bits per heavy atom. The first-order valence-corrected chi connectivity index (χ1v) is 3.95. The van der Waals surface area contributed by atoms with Gasteiger partial charge in [-0.1, -0.05) is 12.2 Å². The van der Waals surface area contributed by atoms with Crippen LogP contribution in [0, 0.1) is 0 Å². The number of hydrogen-bond acceptors (Lipinski definition) is 2. The summed E-state index contributed by atoms with van der Waals surface area (Å²) in [5.74, 6) is 0.149. The van der Waals surface area contributed by atoms with E-state index in [0.717, 1.165) is 0 Å². The van der Waals surface area contributed by atoms with Gasteiger partial charge in [-0.2, -0.15) is 0 Å². The molecule has 4 heteroatoms. The van der Waals surface area contributed by atoms with E-state index in [1.165, 1.54) is 0 Å². The number of hydrogen-bond donors (Lipinski definition) is 2. The smallest absolute Gasteiger partial charge is 0.234 e. The third-order valence-corrected chi connectivity index (χ3v) is 1.40. The summed E-state index contributed by atoms with van der Waals surface area (Å²) >= 11 is 5.37. The first kappa shape index (κ1) is 10.5. The van der Waals surface area contributed by atoms with Crippen LogP contribution in [0.3, 0.4) is 0 Å². The van der Waals surface area contributed by atoms with Gasteiger partial charge in [0.05, 0.1) is 6.04 Å². The average molecular weight is 177 g/mol. The lowest BCUT2D eigenvalue weighted by Gasteiger charge is -2.06. The van der Waals surface area contributed by atoms with Crippen LogP contribution in [0.2, 0.25) is 0 Å². The Morgan fingerprint density at radius 2 is 2.36 bits per heavy atom. The van der Waals surface area contributed by atoms with E-state index in [-0.39, 0.29) is 11.9 Å². The third kappa shape index (κ3) is 5.88. The van der Waals surface area contributed by atoms with Gasteiger partial charge in [0.15, 0.2) is 0 Å². The summed E-state index contributed by atoms with van der Waals surface area (Å²) in [6, 6.07) is -0.282. The molecule has 3 N–H and O–H groups in total. The van der Waals surface area contributed by atoms with Gasteiger partial charge in [-0.05, 0) is 6.92 Å². The van der Waals surface area contributed by atoms with E-state index in [1.807, 2.05) is 12.2 Å². The maximum atomic E-state index is 10.5. The van der Waals surface area contributed by atoms with Crippen LogP contribution in [0.15, 0.2) is 12.2 Å². The van der Waals surface area contributed by atoms with Crippen molar-refractivity contribution in [2.24, 2.45) is 5.73 Å². The molecule has 3 nitrogen and oxygen atoms in total. The lowest BCUT2D eigenvalue weighted by Crippen LogP contribution is -2.38. The summed E-state index contributed by atoms with van der Waals surface area (Å²) < 4.78 is 0. The minimum atomic E-state index is -0.343. The molecule has 0 aromatic rings. The normalized spacial score (nSPS) is 13.6. The number of alkyl halides is 1. The molecule has 0 spiro atoms. The minimum Gasteiger partial charge on any atom is -0.368 e. The molecule has 64 valence electrons. The highest BCUT2D eigenvalue weighted by atomic mass is 35.5. The van der Waals surface area contributed by atoms with Gasteiger partial charge in [0.2, 0.25) is 5.91 Å². The molecule has 0 aliphatic rings. The van der Waals surface area contributed by atoms with E-state index in [4.69, 9.17) is 17.3 Å². The number of carbonyl (C=O) groups is 1. The molecule has 11 heavy (non-hydrogen) atoms. The molecule has 0 rings (SSSR count). The summed E-state index contributed by atoms with van der Waals surface area (Å²) in [4.78, 5) is 10.5. The second-order valence-electron chi connectivity index (χ2n) is 2.16. The van der Waals surface area contributed by atoms with Gasteiger partial charge in [-0.25, -0.2) is 0 Å². The van der Waals surface area contributed by atoms with E-state index < -0.39 is 0 Å². The molecule has 0 aromatic heterocycles. The zero-order valence-corrected chi connectivity index (χ0v) is 7.27. The Hall–Kier alpha value is -0.540. The fourth-order valence-electron chi connectivity index (χ4n) is 0.492. The summed E-state index contributed by atoms with van der Waals surface area (Å²) in [7, 11) is 0. The molecule has 0 aliphatic heterocycles. The van der Waals surface area contributed by atoms with Crippen molar-refractivity contribution in [3.63, 3.8) is 0 Å². The van der Waals surface area contributed by atoms with Crippen molar-refractivity contribution in [3.05, 3.63) is 12.2 Å². The van der Waals surface area contributed by atoms with Crippen molar-refractivity contribution in [1.29, 1.82) is 0 Å². The van der Waals surface area contributed by atoms with Crippen LogP contribution in [0.25, 0.3) is 0 Å². The summed E-state index contributed by atoms with van der Waals surface area (Å²) in [6.07, 6.45) is 3.66. The molecule has 1 amide bonds. The fraction of sp³-hybridized carbons (Fsp3) is 0.571. The van der Waals surface area contributed by atoms with Crippen LogP contribution < -0.4 is 11.1 Å². The summed E-state index contributed by atoms with van der Waals surface area (Å²) in [6.45, 7) is 2.34. The topological polar surface area (TPSA) is 55.1 Å². The highest BCUT2D eigenvalue weighted by Crippen LogP contribution is 1.80. The number of amides is 1. The van der Waals surface area contributed by atoms with Gasteiger partial charge >= 0.3 is 0 Å². The Labute approximate surface area is 71.6 Å². The molecule has 0 radical (unpaired) electrons. The van der Waals surface area contributed by atoms with Gasteiger partial charge < -0.3 is 11.1 Å². The van der Waals surface area contributed by atoms with Gasteiger partial charge in [0.1, 0.15) is 0 Å². The van der Waals surface area contributed by atoms with Crippen molar-refractivity contribution in [2.45, 2.75) is 13.0 Å². The predicted octanol–water partition coefficient (Wildman–Crippen LogP) is 0.245. The first-order chi connectivity index (χ1) is 5.18. The molecule has 0 fully saturated rings. The summed E-state index contributed by atoms with van der Waals surface area (Å²) in [5.41, 5.74) is 5.00. The highest BCUT2D eigenvalue weighted by molar-refractivity contribution is 6.18. The van der Waals surface area contributed by atoms with Crippen molar-refractivity contribution in [1.82, 2.24) is 5.32 Å². The van der Waals surface area contributed by atoms with E-state index in [9.17, 15) is 4.79 Å². The predicted molar refractivity (Wildman–Crippen MR) is 46.5 cm³/mol. The fourth-order valence-corrected chi connectivity index (χ4v) is 0.618. The maximum Gasteiger partial charge on any atom is 0.234 e. The first-order valence-electron chi connectivity index (χ1n) is 3.42. The zero-order chi connectivity index (χ0) is 8.69. The number of primary amides is 1. The van der Waals surface area contributed by atoms with Crippen LogP contribution in [0.5, 0.6) is 0 Å². The van der Waals surface area contributed by atoms with Gasteiger partial charge in [-0.3, -0.25) is 4.79 Å². The lowest BCUT2D eigenvalue weighted by molar-refractivity contribution is -0.119. The Balaban J connectivity index is 3.38. The number of halogens is 1. The van der Waals surface area contributed by atoms with Crippen LogP contribution >= 0.6 is 11.6 Å². The monoisotopic (exact) mass is 176 g/mol. The van der Waals surface area contributed by atoms with E-state index in [1.54, 1.807) is 6.92 Å². The molecule has 0 saturated heterocycles. The molecule has 0 aliphatic carbocycles. The van der Waals surface area contributed by atoms with Crippen molar-refractivity contribution in [2.75, 3.05) is 12.4 Å². The van der Waals surface area contributed by atoms with Crippen LogP contribution in [0.4, 0.5) is 0 Å². The van der Waals surface area contributed by atoms with Crippen LogP contribution in [-0.4, -0.2) is 24.4 Å². The molecular weight excluding hydrogens is 164 g/mol. The van der Waals surface area contributed by atoms with E-state index in [2.05, 4.69) is 5.32 Å². The number of rotatable bonds is 5. The second kappa shape index (κ2) is 6.19. The van der Waals surface area contributed by atoms with Crippen molar-refractivity contribution in [3.8, 4) is 0 Å². The van der Waals surface area contributed by atoms with E-state index >= 15 is 0 Å². The van der Waals surface area contributed by atoms with Crippen LogP contribution in [0.1, 0.15) is 6.92 Å². The average Bonchev–Trinajstić information content (AvgIpc) is 1.97. The Kier molecular flexibility index (Phi) is 5.88. The molecule has 1 unspecified atom stereocenters. The quantitative estimate of drug-likeness (QED) is 0.466. The number of carbonyl (C=O) groups excluding carboxylic acids is 1. The highest BCUT2D eigenvalue weighted by Gasteiger charge is 2.04. The number of allylic oxidation sites excluding steroid dienone is 1. The Morgan fingerprint density at radius 1 is 1.73 bits per heavy atom. The van der Waals surface area contributed by atoms with Crippen LogP contribution in [-0.2, 0) is 4.79 Å². The van der Waals surface area contributed by atoms with Crippen molar-refractivity contribution < 1.29 is 4.79 Å². The number of nitrogens with two attached hydrogens (primary N) is 1. The minimum absolute atomic E-state index is 0.282. The molecular formula is C7H13ClN2O. The summed E-state index contributed by atoms with van der Waals surface area (Å²) in [5, 5.41) is 2.90. The van der Waals surface area contributed by atoms with Gasteiger partial charge in [0.25, 0.3) is 0 Å². The molecule has 1 atom stereocenters. The van der Waals surface area contributed by atoms with Crippen molar-refractivity contribution >= 4 is 17.5 Å². The standard InChI is InChI=1S/C7H13ClN2O/c1-6(7(9)11)10-5-3-2-4-8/h2-3,6,10H,4-5H2,1H3,(H2,9,11)/b3-2+. The second-order valence-corrected chi connectivity index (χ2v) is 2.47. The zero-order valence-electron chi connectivity index (χ0n) is 6.51. The lowest BCUT2D eigenvalue weighted by atomic mass is 10.3. The van der Waals surface area contributed by atoms with E-state index in [0.29, 0.717) is 12.4 Å². The third-order valence-electron chi connectivity index (χ3n) is 1.22. The molecule has 0 saturated carbocycles. The molecule has 0 bridgehead atoms. The van der Waals surface area contributed by atoms with Gasteiger partial charge in [0, 0.05) is 12.4 Å². The Bertz CT molecular complexity index is 147.